The number of nitrogens with zero attached hydrogens (tertiary/aromatic N) is 2. The highest BCUT2D eigenvalue weighted by Crippen LogP contribution is 2.38. The van der Waals surface area contributed by atoms with Gasteiger partial charge in [0.05, 0.1) is 0 Å². The van der Waals surface area contributed by atoms with Crippen LogP contribution in [0.25, 0.3) is 0 Å². The van der Waals surface area contributed by atoms with E-state index in [2.05, 4.69) is 42.0 Å². The maximum absolute atomic E-state index is 5.98. The second-order valence-electron chi connectivity index (χ2n) is 5.92. The Morgan fingerprint density at radius 2 is 2.16 bits per heavy atom. The number of likely N-dealkylation sites (N-methyl/N-ethyl adjacent to an activating group) is 1. The molecule has 3 nitrogen and oxygen atoms in total. The lowest BCUT2D eigenvalue weighted by molar-refractivity contribution is 0.242. The molecule has 3 rings (SSSR count). The largest absolute Gasteiger partial charge is 0.374 e. The average molecular weight is 259 g/mol. The Morgan fingerprint density at radius 3 is 2.89 bits per heavy atom. The molecule has 0 spiro atoms. The molecule has 2 aliphatic rings. The molecule has 3 heteroatoms. The van der Waals surface area contributed by atoms with Crippen molar-refractivity contribution in [2.75, 3.05) is 38.1 Å². The molecule has 0 saturated carbocycles. The van der Waals surface area contributed by atoms with Gasteiger partial charge >= 0.3 is 0 Å². The number of fused-ring (bicyclic) bond motifs is 1. The molecule has 0 amide bonds. The lowest BCUT2D eigenvalue weighted by atomic mass is 9.92. The minimum absolute atomic E-state index is 0.534. The van der Waals surface area contributed by atoms with Crippen LogP contribution < -0.4 is 10.6 Å². The predicted molar refractivity (Wildman–Crippen MR) is 80.6 cm³/mol. The Labute approximate surface area is 116 Å². The van der Waals surface area contributed by atoms with E-state index < -0.39 is 0 Å². The number of likely N-dealkylation sites (tertiary alicyclic amines) is 1. The van der Waals surface area contributed by atoms with Crippen molar-refractivity contribution in [3.8, 4) is 0 Å². The zero-order chi connectivity index (χ0) is 13.4. The molecule has 1 fully saturated rings. The number of rotatable bonds is 3. The van der Waals surface area contributed by atoms with Gasteiger partial charge in [-0.1, -0.05) is 19.1 Å². The molecular weight excluding hydrogens is 234 g/mol. The number of benzene rings is 1. The van der Waals surface area contributed by atoms with Gasteiger partial charge in [-0.25, -0.2) is 0 Å². The van der Waals surface area contributed by atoms with E-state index >= 15 is 0 Å². The summed E-state index contributed by atoms with van der Waals surface area (Å²) in [4.78, 5) is 4.93. The van der Waals surface area contributed by atoms with Crippen molar-refractivity contribution in [3.05, 3.63) is 29.3 Å². The highest BCUT2D eigenvalue weighted by molar-refractivity contribution is 5.58. The van der Waals surface area contributed by atoms with E-state index in [9.17, 15) is 0 Å². The van der Waals surface area contributed by atoms with Gasteiger partial charge in [0.25, 0.3) is 0 Å². The summed E-state index contributed by atoms with van der Waals surface area (Å²) in [6.07, 6.45) is 2.43. The van der Waals surface area contributed by atoms with Crippen LogP contribution in [0.5, 0.6) is 0 Å². The first kappa shape index (κ1) is 12.9. The molecule has 2 aliphatic heterocycles. The van der Waals surface area contributed by atoms with E-state index in [1.165, 1.54) is 36.2 Å². The fraction of sp³-hybridized carbons (Fsp3) is 0.625. The van der Waals surface area contributed by atoms with Crippen LogP contribution in [0.3, 0.4) is 0 Å². The Morgan fingerprint density at radius 1 is 1.32 bits per heavy atom. The second-order valence-corrected chi connectivity index (χ2v) is 5.92. The average Bonchev–Trinajstić information content (AvgIpc) is 3.02. The standard InChI is InChI=1S/C16H25N3/c1-3-19-9-7-14(11-17)16(19)13-4-5-15-12(10-13)6-8-18(15)2/h4-5,10,14,16H,3,6-9,11,17H2,1-2H3. The molecule has 0 aromatic heterocycles. The minimum Gasteiger partial charge on any atom is -0.374 e. The minimum atomic E-state index is 0.534. The molecule has 104 valence electrons. The van der Waals surface area contributed by atoms with Crippen LogP contribution >= 0.6 is 0 Å². The SMILES string of the molecule is CCN1CCC(CN)C1c1ccc2c(c1)CCN2C. The fourth-order valence-corrected chi connectivity index (χ4v) is 3.78. The Balaban J connectivity index is 1.92. The molecule has 1 aromatic carbocycles. The van der Waals surface area contributed by atoms with Crippen LogP contribution in [-0.4, -0.2) is 38.1 Å². The van der Waals surface area contributed by atoms with Gasteiger partial charge < -0.3 is 10.6 Å². The maximum atomic E-state index is 5.98. The van der Waals surface area contributed by atoms with Crippen molar-refractivity contribution in [2.45, 2.75) is 25.8 Å². The summed E-state index contributed by atoms with van der Waals surface area (Å²) >= 11 is 0. The number of nitrogens with two attached hydrogens (primary N) is 1. The van der Waals surface area contributed by atoms with Crippen molar-refractivity contribution in [3.63, 3.8) is 0 Å². The van der Waals surface area contributed by atoms with E-state index in [-0.39, 0.29) is 0 Å². The summed E-state index contributed by atoms with van der Waals surface area (Å²) in [5.41, 5.74) is 10.4. The van der Waals surface area contributed by atoms with Crippen molar-refractivity contribution in [1.82, 2.24) is 4.90 Å². The van der Waals surface area contributed by atoms with Gasteiger partial charge in [-0.05, 0) is 55.6 Å². The highest BCUT2D eigenvalue weighted by atomic mass is 15.2. The summed E-state index contributed by atoms with van der Waals surface area (Å²) in [5.74, 6) is 0.622. The zero-order valence-electron chi connectivity index (χ0n) is 12.1. The Bertz CT molecular complexity index is 445. The van der Waals surface area contributed by atoms with Crippen LogP contribution in [0.1, 0.15) is 30.5 Å². The molecule has 2 heterocycles. The summed E-state index contributed by atoms with van der Waals surface area (Å²) < 4.78 is 0. The molecular formula is C16H25N3. The highest BCUT2D eigenvalue weighted by Gasteiger charge is 2.33. The van der Waals surface area contributed by atoms with Crippen LogP contribution in [0.15, 0.2) is 18.2 Å². The molecule has 2 N–H and O–H groups in total. The van der Waals surface area contributed by atoms with Gasteiger partial charge in [0.1, 0.15) is 0 Å². The van der Waals surface area contributed by atoms with E-state index in [0.29, 0.717) is 12.0 Å². The van der Waals surface area contributed by atoms with Gasteiger partial charge in [-0.2, -0.15) is 0 Å². The van der Waals surface area contributed by atoms with E-state index in [1.807, 2.05) is 0 Å². The Kier molecular flexibility index (Phi) is 3.50. The van der Waals surface area contributed by atoms with E-state index in [4.69, 9.17) is 5.73 Å². The molecule has 0 aliphatic carbocycles. The summed E-state index contributed by atoms with van der Waals surface area (Å²) in [6.45, 7) is 6.53. The van der Waals surface area contributed by atoms with E-state index in [1.54, 1.807) is 0 Å². The van der Waals surface area contributed by atoms with Crippen LogP contribution in [0, 0.1) is 5.92 Å². The van der Waals surface area contributed by atoms with Crippen molar-refractivity contribution in [2.24, 2.45) is 11.7 Å². The van der Waals surface area contributed by atoms with Crippen LogP contribution in [-0.2, 0) is 6.42 Å². The van der Waals surface area contributed by atoms with Crippen molar-refractivity contribution >= 4 is 5.69 Å². The molecule has 1 saturated heterocycles. The van der Waals surface area contributed by atoms with Gasteiger partial charge in [0, 0.05) is 25.3 Å². The normalized spacial score (nSPS) is 27.0. The second kappa shape index (κ2) is 5.14. The molecule has 0 bridgehead atoms. The molecule has 0 radical (unpaired) electrons. The number of hydrogen-bond acceptors (Lipinski definition) is 3. The lowest BCUT2D eigenvalue weighted by Crippen LogP contribution is -2.28. The summed E-state index contributed by atoms with van der Waals surface area (Å²) in [6, 6.07) is 7.59. The van der Waals surface area contributed by atoms with Crippen molar-refractivity contribution in [1.29, 1.82) is 0 Å². The lowest BCUT2D eigenvalue weighted by Gasteiger charge is -2.27. The smallest absolute Gasteiger partial charge is 0.0397 e. The maximum Gasteiger partial charge on any atom is 0.0397 e. The summed E-state index contributed by atoms with van der Waals surface area (Å²) in [7, 11) is 2.18. The molecule has 19 heavy (non-hydrogen) atoms. The third-order valence-electron chi connectivity index (χ3n) is 4.91. The molecule has 2 unspecified atom stereocenters. The van der Waals surface area contributed by atoms with Crippen LogP contribution in [0.2, 0.25) is 0 Å². The van der Waals surface area contributed by atoms with Crippen LogP contribution in [0.4, 0.5) is 5.69 Å². The first-order valence-corrected chi connectivity index (χ1v) is 7.52. The topological polar surface area (TPSA) is 32.5 Å². The third-order valence-corrected chi connectivity index (χ3v) is 4.91. The van der Waals surface area contributed by atoms with Crippen molar-refractivity contribution < 1.29 is 0 Å². The number of anilines is 1. The first-order valence-electron chi connectivity index (χ1n) is 7.52. The number of hydrogen-bond donors (Lipinski definition) is 1. The summed E-state index contributed by atoms with van der Waals surface area (Å²) in [5, 5.41) is 0. The molecule has 2 atom stereocenters. The van der Waals surface area contributed by atoms with Gasteiger partial charge in [0.15, 0.2) is 0 Å². The van der Waals surface area contributed by atoms with E-state index in [0.717, 1.165) is 19.6 Å². The first-order chi connectivity index (χ1) is 9.24. The Hall–Kier alpha value is -1.06. The quantitative estimate of drug-likeness (QED) is 0.901. The third kappa shape index (κ3) is 2.15. The van der Waals surface area contributed by atoms with Gasteiger partial charge in [-0.3, -0.25) is 4.90 Å². The monoisotopic (exact) mass is 259 g/mol. The van der Waals surface area contributed by atoms with Gasteiger partial charge in [-0.15, -0.1) is 0 Å². The molecule has 1 aromatic rings. The fourth-order valence-electron chi connectivity index (χ4n) is 3.78. The zero-order valence-corrected chi connectivity index (χ0v) is 12.1. The van der Waals surface area contributed by atoms with Gasteiger partial charge in [0.2, 0.25) is 0 Å². The predicted octanol–water partition coefficient (Wildman–Crippen LogP) is 2.02.